The van der Waals surface area contributed by atoms with E-state index in [1.165, 1.54) is 24.2 Å². The Kier molecular flexibility index (Phi) is 4.89. The van der Waals surface area contributed by atoms with Crippen LogP contribution in [0.5, 0.6) is 0 Å². The number of pyridine rings is 1. The second-order valence-corrected chi connectivity index (χ2v) is 7.54. The molecule has 1 atom stereocenters. The van der Waals surface area contributed by atoms with Crippen LogP contribution in [0.2, 0.25) is 0 Å². The largest absolute Gasteiger partial charge is 0.376 e. The molecule has 2 aromatic heterocycles. The van der Waals surface area contributed by atoms with Crippen molar-refractivity contribution >= 4 is 22.5 Å². The zero-order valence-electron chi connectivity index (χ0n) is 13.9. The highest BCUT2D eigenvalue weighted by Crippen LogP contribution is 2.42. The van der Waals surface area contributed by atoms with Gasteiger partial charge in [-0.1, -0.05) is 17.4 Å². The molecule has 0 spiro atoms. The van der Waals surface area contributed by atoms with Crippen molar-refractivity contribution in [3.05, 3.63) is 35.1 Å². The van der Waals surface area contributed by atoms with Crippen LogP contribution < -0.4 is 5.32 Å². The number of nitrogens with zero attached hydrogens (tertiary/aromatic N) is 4. The molecule has 1 N–H and O–H groups in total. The minimum absolute atomic E-state index is 0.0962. The van der Waals surface area contributed by atoms with Crippen molar-refractivity contribution in [3.8, 4) is 0 Å². The minimum atomic E-state index is -0.169. The molecule has 1 aliphatic carbocycles. The van der Waals surface area contributed by atoms with E-state index < -0.39 is 0 Å². The van der Waals surface area contributed by atoms with Gasteiger partial charge in [-0.05, 0) is 37.3 Å². The predicted octanol–water partition coefficient (Wildman–Crippen LogP) is 3.02. The van der Waals surface area contributed by atoms with Crippen LogP contribution in [0, 0.1) is 0 Å². The highest BCUT2D eigenvalue weighted by molar-refractivity contribution is 7.15. The second kappa shape index (κ2) is 7.45. The van der Waals surface area contributed by atoms with Gasteiger partial charge >= 0.3 is 6.03 Å². The van der Waals surface area contributed by atoms with Crippen LogP contribution in [0.25, 0.3) is 0 Å². The van der Waals surface area contributed by atoms with Gasteiger partial charge < -0.3 is 9.64 Å². The van der Waals surface area contributed by atoms with Crippen LogP contribution in [0.1, 0.15) is 42.2 Å². The lowest BCUT2D eigenvalue weighted by Gasteiger charge is -2.25. The molecule has 1 saturated carbocycles. The second-order valence-electron chi connectivity index (χ2n) is 6.53. The van der Waals surface area contributed by atoms with Gasteiger partial charge in [0.2, 0.25) is 5.13 Å². The van der Waals surface area contributed by atoms with E-state index in [2.05, 4.69) is 20.5 Å². The molecule has 8 heteroatoms. The molecule has 0 radical (unpaired) electrons. The van der Waals surface area contributed by atoms with Crippen molar-refractivity contribution in [2.75, 3.05) is 18.5 Å². The number of hydrogen-bond donors (Lipinski definition) is 1. The summed E-state index contributed by atoms with van der Waals surface area (Å²) in [6, 6.07) is 3.68. The van der Waals surface area contributed by atoms with Crippen LogP contribution in [0.3, 0.4) is 0 Å². The molecule has 0 aromatic carbocycles. The number of aromatic nitrogens is 3. The fourth-order valence-electron chi connectivity index (χ4n) is 2.92. The minimum Gasteiger partial charge on any atom is -0.376 e. The summed E-state index contributed by atoms with van der Waals surface area (Å²) in [6.07, 6.45) is 8.00. The zero-order chi connectivity index (χ0) is 17.1. The summed E-state index contributed by atoms with van der Waals surface area (Å²) in [7, 11) is 0. The molecule has 1 saturated heterocycles. The molecular formula is C17H21N5O2S. The smallest absolute Gasteiger partial charge is 0.324 e. The quantitative estimate of drug-likeness (QED) is 0.857. The molecule has 2 amide bonds. The van der Waals surface area contributed by atoms with Gasteiger partial charge in [-0.2, -0.15) is 0 Å². The van der Waals surface area contributed by atoms with Gasteiger partial charge in [-0.15, -0.1) is 10.2 Å². The molecular weight excluding hydrogens is 338 g/mol. The maximum atomic E-state index is 12.8. The average Bonchev–Trinajstić information content (AvgIpc) is 3.15. The number of rotatable bonds is 6. The molecule has 2 aliphatic rings. The summed E-state index contributed by atoms with van der Waals surface area (Å²) in [4.78, 5) is 18.7. The maximum Gasteiger partial charge on any atom is 0.324 e. The van der Waals surface area contributed by atoms with E-state index in [1.54, 1.807) is 17.3 Å². The van der Waals surface area contributed by atoms with E-state index in [-0.39, 0.29) is 12.1 Å². The Labute approximate surface area is 150 Å². The van der Waals surface area contributed by atoms with E-state index in [9.17, 15) is 4.79 Å². The normalized spacial score (nSPS) is 19.8. The van der Waals surface area contributed by atoms with Gasteiger partial charge in [0.1, 0.15) is 5.01 Å². The zero-order valence-corrected chi connectivity index (χ0v) is 14.7. The van der Waals surface area contributed by atoms with Gasteiger partial charge in [-0.3, -0.25) is 10.3 Å². The molecule has 2 fully saturated rings. The van der Waals surface area contributed by atoms with Gasteiger partial charge in [0, 0.05) is 38.0 Å². The molecule has 0 bridgehead atoms. The first-order chi connectivity index (χ1) is 12.3. The van der Waals surface area contributed by atoms with Crippen molar-refractivity contribution in [1.82, 2.24) is 20.1 Å². The Morgan fingerprint density at radius 3 is 3.00 bits per heavy atom. The summed E-state index contributed by atoms with van der Waals surface area (Å²) < 4.78 is 5.70. The Bertz CT molecular complexity index is 713. The molecule has 3 heterocycles. The van der Waals surface area contributed by atoms with Crippen molar-refractivity contribution in [2.24, 2.45) is 0 Å². The Balaban J connectivity index is 1.43. The number of hydrogen-bond acceptors (Lipinski definition) is 6. The summed E-state index contributed by atoms with van der Waals surface area (Å²) in [5.41, 5.74) is 0.992. The monoisotopic (exact) mass is 359 g/mol. The molecule has 2 aromatic rings. The Morgan fingerprint density at radius 1 is 1.36 bits per heavy atom. The topological polar surface area (TPSA) is 80.2 Å². The maximum absolute atomic E-state index is 12.8. The third-order valence-electron chi connectivity index (χ3n) is 4.41. The number of anilines is 1. The molecule has 0 unspecified atom stereocenters. The Morgan fingerprint density at radius 2 is 2.28 bits per heavy atom. The molecule has 132 valence electrons. The van der Waals surface area contributed by atoms with Gasteiger partial charge in [-0.25, -0.2) is 4.79 Å². The van der Waals surface area contributed by atoms with Crippen molar-refractivity contribution in [3.63, 3.8) is 0 Å². The first-order valence-corrected chi connectivity index (χ1v) is 9.49. The number of carbonyl (C=O) groups is 1. The fraction of sp³-hybridized carbons (Fsp3) is 0.529. The SMILES string of the molecule is O=C(Nc1nnc(C2CC2)s1)N(Cc1cccnc1)C[C@@H]1CCCO1. The first-order valence-electron chi connectivity index (χ1n) is 8.68. The predicted molar refractivity (Wildman–Crippen MR) is 94.5 cm³/mol. The number of carbonyl (C=O) groups excluding carboxylic acids is 1. The van der Waals surface area contributed by atoms with Gasteiger partial charge in [0.05, 0.1) is 6.10 Å². The van der Waals surface area contributed by atoms with Crippen LogP contribution >= 0.6 is 11.3 Å². The number of amides is 2. The third kappa shape index (κ3) is 4.32. The van der Waals surface area contributed by atoms with Crippen LogP contribution in [0.15, 0.2) is 24.5 Å². The highest BCUT2D eigenvalue weighted by Gasteiger charge is 2.28. The molecule has 7 nitrogen and oxygen atoms in total. The van der Waals surface area contributed by atoms with E-state index in [0.717, 1.165) is 30.0 Å². The molecule has 4 rings (SSSR count). The van der Waals surface area contributed by atoms with Crippen molar-refractivity contribution < 1.29 is 9.53 Å². The molecule has 1 aliphatic heterocycles. The van der Waals surface area contributed by atoms with Crippen LogP contribution in [-0.4, -0.2) is 45.4 Å². The lowest BCUT2D eigenvalue weighted by Crippen LogP contribution is -2.39. The number of ether oxygens (including phenoxy) is 1. The Hall–Kier alpha value is -2.06. The summed E-state index contributed by atoms with van der Waals surface area (Å²) in [5.74, 6) is 0.543. The van der Waals surface area contributed by atoms with Crippen LogP contribution in [0.4, 0.5) is 9.93 Å². The average molecular weight is 359 g/mol. The third-order valence-corrected chi connectivity index (χ3v) is 5.41. The number of nitrogens with one attached hydrogen (secondary N) is 1. The fourth-order valence-corrected chi connectivity index (χ4v) is 3.82. The summed E-state index contributed by atoms with van der Waals surface area (Å²) in [5, 5.41) is 12.8. The standard InChI is InChI=1S/C17H21N5O2S/c23-17(19-16-21-20-15(25-16)13-5-6-13)22(11-14-4-2-8-24-14)10-12-3-1-7-18-9-12/h1,3,7,9,13-14H,2,4-6,8,10-11H2,(H,19,21,23)/t14-/m0/s1. The molecule has 25 heavy (non-hydrogen) atoms. The van der Waals surface area contributed by atoms with E-state index >= 15 is 0 Å². The lowest BCUT2D eigenvalue weighted by molar-refractivity contribution is 0.0819. The van der Waals surface area contributed by atoms with E-state index in [0.29, 0.717) is 24.1 Å². The lowest BCUT2D eigenvalue weighted by atomic mass is 10.2. The summed E-state index contributed by atoms with van der Waals surface area (Å²) in [6.45, 7) is 1.83. The van der Waals surface area contributed by atoms with Crippen molar-refractivity contribution in [2.45, 2.75) is 44.2 Å². The van der Waals surface area contributed by atoms with Crippen molar-refractivity contribution in [1.29, 1.82) is 0 Å². The van der Waals surface area contributed by atoms with Gasteiger partial charge in [0.25, 0.3) is 0 Å². The van der Waals surface area contributed by atoms with Crippen LogP contribution in [-0.2, 0) is 11.3 Å². The number of urea groups is 1. The van der Waals surface area contributed by atoms with E-state index in [1.807, 2.05) is 12.1 Å². The van der Waals surface area contributed by atoms with Gasteiger partial charge in [0.15, 0.2) is 0 Å². The van der Waals surface area contributed by atoms with E-state index in [4.69, 9.17) is 4.74 Å². The highest BCUT2D eigenvalue weighted by atomic mass is 32.1. The first kappa shape index (κ1) is 16.4. The summed E-state index contributed by atoms with van der Waals surface area (Å²) >= 11 is 1.47.